The Balaban J connectivity index is 2.45. The second-order valence-electron chi connectivity index (χ2n) is 3.31. The highest BCUT2D eigenvalue weighted by atomic mass is 35.5. The Labute approximate surface area is 103 Å². The summed E-state index contributed by atoms with van der Waals surface area (Å²) >= 11 is 11.8. The standard InChI is InChI=1S/C11H8Cl2N2O/c1-15-6-5-9(14-15)11(16)7-3-2-4-8(12)10(7)13/h2-6H,1H3. The highest BCUT2D eigenvalue weighted by Crippen LogP contribution is 2.26. The molecule has 2 aromatic rings. The lowest BCUT2D eigenvalue weighted by Crippen LogP contribution is -2.04. The van der Waals surface area contributed by atoms with Crippen LogP contribution in [0.1, 0.15) is 16.1 Å². The smallest absolute Gasteiger partial charge is 0.214 e. The van der Waals surface area contributed by atoms with Gasteiger partial charge >= 0.3 is 0 Å². The van der Waals surface area contributed by atoms with Crippen LogP contribution in [0.15, 0.2) is 30.5 Å². The Bertz CT molecular complexity index is 549. The van der Waals surface area contributed by atoms with Crippen molar-refractivity contribution >= 4 is 29.0 Å². The van der Waals surface area contributed by atoms with E-state index in [4.69, 9.17) is 23.2 Å². The molecule has 0 N–H and O–H groups in total. The van der Waals surface area contributed by atoms with Crippen molar-refractivity contribution in [2.24, 2.45) is 7.05 Å². The highest BCUT2D eigenvalue weighted by Gasteiger charge is 2.16. The zero-order valence-corrected chi connectivity index (χ0v) is 9.96. The van der Waals surface area contributed by atoms with E-state index in [2.05, 4.69) is 5.10 Å². The molecule has 0 fully saturated rings. The molecule has 0 amide bonds. The van der Waals surface area contributed by atoms with Crippen molar-refractivity contribution in [2.45, 2.75) is 0 Å². The molecule has 0 saturated heterocycles. The third-order valence-electron chi connectivity index (χ3n) is 2.14. The SMILES string of the molecule is Cn1ccc(C(=O)c2cccc(Cl)c2Cl)n1. The predicted molar refractivity (Wildman–Crippen MR) is 63.1 cm³/mol. The van der Waals surface area contributed by atoms with Gasteiger partial charge in [0.05, 0.1) is 10.0 Å². The number of hydrogen-bond donors (Lipinski definition) is 0. The summed E-state index contributed by atoms with van der Waals surface area (Å²) in [5.41, 5.74) is 0.722. The Morgan fingerprint density at radius 2 is 2.06 bits per heavy atom. The fourth-order valence-electron chi connectivity index (χ4n) is 1.35. The van der Waals surface area contributed by atoms with E-state index in [-0.39, 0.29) is 10.8 Å². The molecular formula is C11H8Cl2N2O. The van der Waals surface area contributed by atoms with E-state index in [1.807, 2.05) is 0 Å². The number of hydrogen-bond acceptors (Lipinski definition) is 2. The van der Waals surface area contributed by atoms with Crippen LogP contribution in [0.2, 0.25) is 10.0 Å². The van der Waals surface area contributed by atoms with Gasteiger partial charge < -0.3 is 0 Å². The van der Waals surface area contributed by atoms with Crippen LogP contribution in [-0.4, -0.2) is 15.6 Å². The molecule has 2 rings (SSSR count). The molecule has 1 aromatic heterocycles. The molecule has 1 aromatic carbocycles. The summed E-state index contributed by atoms with van der Waals surface area (Å²) in [4.78, 5) is 12.0. The van der Waals surface area contributed by atoms with Crippen LogP contribution in [-0.2, 0) is 7.05 Å². The molecule has 0 aliphatic carbocycles. The van der Waals surface area contributed by atoms with Gasteiger partial charge in [0.2, 0.25) is 5.78 Å². The molecule has 82 valence electrons. The number of aryl methyl sites for hydroxylation is 1. The first-order valence-electron chi connectivity index (χ1n) is 4.58. The van der Waals surface area contributed by atoms with Crippen LogP contribution >= 0.6 is 23.2 Å². The van der Waals surface area contributed by atoms with Gasteiger partial charge in [-0.25, -0.2) is 0 Å². The molecular weight excluding hydrogens is 247 g/mol. The summed E-state index contributed by atoms with van der Waals surface area (Å²) < 4.78 is 1.56. The number of aromatic nitrogens is 2. The Morgan fingerprint density at radius 3 is 2.69 bits per heavy atom. The fraction of sp³-hybridized carbons (Fsp3) is 0.0909. The second-order valence-corrected chi connectivity index (χ2v) is 4.09. The highest BCUT2D eigenvalue weighted by molar-refractivity contribution is 6.44. The molecule has 0 atom stereocenters. The maximum absolute atomic E-state index is 12.0. The zero-order chi connectivity index (χ0) is 11.7. The third kappa shape index (κ3) is 1.96. The van der Waals surface area contributed by atoms with E-state index in [0.717, 1.165) is 0 Å². The minimum atomic E-state index is -0.229. The number of halogens is 2. The van der Waals surface area contributed by atoms with Crippen LogP contribution in [0.25, 0.3) is 0 Å². The van der Waals surface area contributed by atoms with E-state index in [9.17, 15) is 4.79 Å². The van der Waals surface area contributed by atoms with Gasteiger partial charge in [0.25, 0.3) is 0 Å². The molecule has 0 aliphatic heterocycles. The van der Waals surface area contributed by atoms with Crippen molar-refractivity contribution in [3.8, 4) is 0 Å². The Kier molecular flexibility index (Phi) is 2.99. The summed E-state index contributed by atoms with van der Waals surface area (Å²) in [7, 11) is 1.75. The maximum Gasteiger partial charge on any atom is 0.214 e. The van der Waals surface area contributed by atoms with E-state index >= 15 is 0 Å². The van der Waals surface area contributed by atoms with Gasteiger partial charge in [-0.3, -0.25) is 9.48 Å². The van der Waals surface area contributed by atoms with Crippen molar-refractivity contribution in [3.63, 3.8) is 0 Å². The molecule has 0 unspecified atom stereocenters. The van der Waals surface area contributed by atoms with Gasteiger partial charge in [-0.2, -0.15) is 5.10 Å². The van der Waals surface area contributed by atoms with Crippen LogP contribution in [0.5, 0.6) is 0 Å². The van der Waals surface area contributed by atoms with Gasteiger partial charge in [-0.1, -0.05) is 29.3 Å². The van der Waals surface area contributed by atoms with Crippen molar-refractivity contribution in [3.05, 3.63) is 51.8 Å². The van der Waals surface area contributed by atoms with E-state index in [0.29, 0.717) is 16.3 Å². The van der Waals surface area contributed by atoms with Crippen molar-refractivity contribution < 1.29 is 4.79 Å². The summed E-state index contributed by atoms with van der Waals surface area (Å²) in [6.45, 7) is 0. The molecule has 5 heteroatoms. The largest absolute Gasteiger partial charge is 0.287 e. The molecule has 0 radical (unpaired) electrons. The number of nitrogens with zero attached hydrogens (tertiary/aromatic N) is 2. The van der Waals surface area contributed by atoms with Gasteiger partial charge in [-0.15, -0.1) is 0 Å². The lowest BCUT2D eigenvalue weighted by atomic mass is 10.1. The topological polar surface area (TPSA) is 34.9 Å². The lowest BCUT2D eigenvalue weighted by molar-refractivity contribution is 0.103. The quantitative estimate of drug-likeness (QED) is 0.773. The van der Waals surface area contributed by atoms with Gasteiger partial charge in [0, 0.05) is 18.8 Å². The fourth-order valence-corrected chi connectivity index (χ4v) is 1.74. The lowest BCUT2D eigenvalue weighted by Gasteiger charge is -2.02. The molecule has 0 saturated carbocycles. The summed E-state index contributed by atoms with van der Waals surface area (Å²) in [6, 6.07) is 6.59. The van der Waals surface area contributed by atoms with Crippen molar-refractivity contribution in [1.29, 1.82) is 0 Å². The van der Waals surface area contributed by atoms with Crippen LogP contribution in [0, 0.1) is 0 Å². The Morgan fingerprint density at radius 1 is 1.31 bits per heavy atom. The molecule has 0 spiro atoms. The van der Waals surface area contributed by atoms with Crippen molar-refractivity contribution in [1.82, 2.24) is 9.78 Å². The van der Waals surface area contributed by atoms with Gasteiger partial charge in [-0.05, 0) is 18.2 Å². The predicted octanol–water partition coefficient (Wildman–Crippen LogP) is 2.96. The minimum absolute atomic E-state index is 0.229. The average molecular weight is 255 g/mol. The van der Waals surface area contributed by atoms with E-state index < -0.39 is 0 Å². The molecule has 3 nitrogen and oxygen atoms in total. The number of carbonyl (C=O) groups is 1. The van der Waals surface area contributed by atoms with Crippen LogP contribution in [0.3, 0.4) is 0 Å². The first-order chi connectivity index (χ1) is 7.59. The van der Waals surface area contributed by atoms with Gasteiger partial charge in [0.15, 0.2) is 0 Å². The number of carbonyl (C=O) groups excluding carboxylic acids is 1. The minimum Gasteiger partial charge on any atom is -0.287 e. The monoisotopic (exact) mass is 254 g/mol. The van der Waals surface area contributed by atoms with Crippen LogP contribution in [0.4, 0.5) is 0 Å². The number of rotatable bonds is 2. The first-order valence-corrected chi connectivity index (χ1v) is 5.33. The van der Waals surface area contributed by atoms with Crippen LogP contribution < -0.4 is 0 Å². The molecule has 16 heavy (non-hydrogen) atoms. The second kappa shape index (κ2) is 4.28. The molecule has 0 bridgehead atoms. The molecule has 0 aliphatic rings. The maximum atomic E-state index is 12.0. The third-order valence-corrected chi connectivity index (χ3v) is 2.96. The summed E-state index contributed by atoms with van der Waals surface area (Å²) in [6.07, 6.45) is 1.70. The number of ketones is 1. The average Bonchev–Trinajstić information content (AvgIpc) is 2.68. The van der Waals surface area contributed by atoms with E-state index in [1.165, 1.54) is 0 Å². The summed E-state index contributed by atoms with van der Waals surface area (Å²) in [5.74, 6) is -0.229. The summed E-state index contributed by atoms with van der Waals surface area (Å²) in [5, 5.41) is 4.65. The normalized spacial score (nSPS) is 10.4. The number of benzene rings is 1. The van der Waals surface area contributed by atoms with Crippen molar-refractivity contribution in [2.75, 3.05) is 0 Å². The molecule has 1 heterocycles. The van der Waals surface area contributed by atoms with E-state index in [1.54, 1.807) is 42.2 Å². The van der Waals surface area contributed by atoms with Gasteiger partial charge in [0.1, 0.15) is 5.69 Å². The Hall–Kier alpha value is -1.32. The first kappa shape index (κ1) is 11.2. The zero-order valence-electron chi connectivity index (χ0n) is 8.45.